The predicted molar refractivity (Wildman–Crippen MR) is 85.1 cm³/mol. The van der Waals surface area contributed by atoms with Crippen LogP contribution in [0.3, 0.4) is 0 Å². The van der Waals surface area contributed by atoms with Crippen molar-refractivity contribution >= 4 is 11.0 Å². The van der Waals surface area contributed by atoms with E-state index in [9.17, 15) is 0 Å². The van der Waals surface area contributed by atoms with Crippen LogP contribution in [0.4, 0.5) is 0 Å². The van der Waals surface area contributed by atoms with Crippen LogP contribution in [-0.4, -0.2) is 21.5 Å². The van der Waals surface area contributed by atoms with E-state index in [2.05, 4.69) is 52.9 Å². The number of aromatic nitrogens is 3. The molecule has 0 saturated heterocycles. The molecule has 3 aromatic rings. The zero-order valence-corrected chi connectivity index (χ0v) is 12.3. The van der Waals surface area contributed by atoms with Crippen LogP contribution >= 0.6 is 0 Å². The van der Waals surface area contributed by atoms with Gasteiger partial charge in [-0.05, 0) is 36.2 Å². The number of nitrogens with one attached hydrogen (secondary N) is 1. The van der Waals surface area contributed by atoms with E-state index in [4.69, 9.17) is 0 Å². The highest BCUT2D eigenvalue weighted by molar-refractivity contribution is 5.73. The Morgan fingerprint density at radius 1 is 1.05 bits per heavy atom. The first kappa shape index (κ1) is 13.8. The summed E-state index contributed by atoms with van der Waals surface area (Å²) in [6.45, 7) is 4.90. The molecular weight excluding hydrogens is 260 g/mol. The molecule has 1 heterocycles. The highest BCUT2D eigenvalue weighted by Crippen LogP contribution is 2.13. The lowest BCUT2D eigenvalue weighted by molar-refractivity contribution is 0.661. The van der Waals surface area contributed by atoms with E-state index in [0.29, 0.717) is 0 Å². The molecule has 0 aliphatic heterocycles. The second kappa shape index (κ2) is 6.50. The summed E-state index contributed by atoms with van der Waals surface area (Å²) >= 11 is 0. The monoisotopic (exact) mass is 280 g/mol. The number of benzene rings is 2. The normalized spacial score (nSPS) is 11.1. The van der Waals surface area contributed by atoms with Crippen molar-refractivity contribution in [2.24, 2.45) is 0 Å². The zero-order valence-electron chi connectivity index (χ0n) is 12.3. The molecule has 0 radical (unpaired) electrons. The number of hydrogen-bond acceptors (Lipinski definition) is 3. The number of fused-ring (bicyclic) bond motifs is 1. The van der Waals surface area contributed by atoms with Crippen molar-refractivity contribution in [2.75, 3.05) is 6.54 Å². The molecule has 1 aromatic heterocycles. The summed E-state index contributed by atoms with van der Waals surface area (Å²) in [6.07, 6.45) is 1.16. The average molecular weight is 280 g/mol. The van der Waals surface area contributed by atoms with E-state index in [0.717, 1.165) is 37.1 Å². The summed E-state index contributed by atoms with van der Waals surface area (Å²) in [4.78, 5) is 0. The third-order valence-corrected chi connectivity index (χ3v) is 3.50. The van der Waals surface area contributed by atoms with Gasteiger partial charge in [-0.15, -0.1) is 5.10 Å². The van der Waals surface area contributed by atoms with Crippen molar-refractivity contribution in [1.82, 2.24) is 20.3 Å². The topological polar surface area (TPSA) is 42.7 Å². The summed E-state index contributed by atoms with van der Waals surface area (Å²) in [5, 5.41) is 11.9. The molecule has 21 heavy (non-hydrogen) atoms. The molecule has 4 nitrogen and oxygen atoms in total. The molecule has 0 aliphatic rings. The highest BCUT2D eigenvalue weighted by atomic mass is 15.4. The van der Waals surface area contributed by atoms with Crippen molar-refractivity contribution in [3.63, 3.8) is 0 Å². The maximum absolute atomic E-state index is 4.25. The Labute approximate surface area is 124 Å². The molecule has 2 aromatic carbocycles. The maximum atomic E-state index is 4.25. The van der Waals surface area contributed by atoms with Crippen LogP contribution in [0.1, 0.15) is 24.5 Å². The van der Waals surface area contributed by atoms with E-state index < -0.39 is 0 Å². The second-order valence-corrected chi connectivity index (χ2v) is 5.23. The fraction of sp³-hybridized carbons (Fsp3) is 0.294. The quantitative estimate of drug-likeness (QED) is 0.706. The number of para-hydroxylation sites is 1. The van der Waals surface area contributed by atoms with E-state index >= 15 is 0 Å². The van der Waals surface area contributed by atoms with Gasteiger partial charge >= 0.3 is 0 Å². The average Bonchev–Trinajstić information content (AvgIpc) is 2.91. The van der Waals surface area contributed by atoms with E-state index in [1.807, 2.05) is 22.9 Å². The van der Waals surface area contributed by atoms with Gasteiger partial charge in [0.1, 0.15) is 5.52 Å². The van der Waals surface area contributed by atoms with Gasteiger partial charge in [-0.3, -0.25) is 0 Å². The smallest absolute Gasteiger partial charge is 0.113 e. The van der Waals surface area contributed by atoms with Crippen molar-refractivity contribution in [3.8, 4) is 0 Å². The summed E-state index contributed by atoms with van der Waals surface area (Å²) in [5.74, 6) is 0. The minimum atomic E-state index is 0.752. The summed E-state index contributed by atoms with van der Waals surface area (Å²) < 4.78 is 1.95. The minimum absolute atomic E-state index is 0.752. The van der Waals surface area contributed by atoms with Gasteiger partial charge in [0.15, 0.2) is 0 Å². The molecule has 0 saturated carbocycles. The SMILES string of the molecule is CCCNCc1cccc(Cn2nnc3ccccc32)c1. The molecule has 0 aliphatic carbocycles. The molecule has 0 unspecified atom stereocenters. The van der Waals surface area contributed by atoms with Crippen molar-refractivity contribution in [3.05, 3.63) is 59.7 Å². The lowest BCUT2D eigenvalue weighted by atomic mass is 10.1. The third kappa shape index (κ3) is 3.28. The van der Waals surface area contributed by atoms with Crippen molar-refractivity contribution in [2.45, 2.75) is 26.4 Å². The van der Waals surface area contributed by atoms with Gasteiger partial charge in [-0.1, -0.05) is 48.5 Å². The van der Waals surface area contributed by atoms with Gasteiger partial charge in [0, 0.05) is 6.54 Å². The lowest BCUT2D eigenvalue weighted by Crippen LogP contribution is -2.14. The standard InChI is InChI=1S/C17H20N4/c1-2-10-18-12-14-6-5-7-15(11-14)13-21-17-9-4-3-8-16(17)19-20-21/h3-9,11,18H,2,10,12-13H2,1H3. The zero-order chi connectivity index (χ0) is 14.5. The first-order valence-electron chi connectivity index (χ1n) is 7.43. The molecule has 4 heteroatoms. The number of nitrogens with zero attached hydrogens (tertiary/aromatic N) is 3. The molecule has 1 N–H and O–H groups in total. The number of rotatable bonds is 6. The molecule has 3 rings (SSSR count). The molecular formula is C17H20N4. The van der Waals surface area contributed by atoms with E-state index in [-0.39, 0.29) is 0 Å². The number of hydrogen-bond donors (Lipinski definition) is 1. The van der Waals surface area contributed by atoms with Gasteiger partial charge in [0.25, 0.3) is 0 Å². The Morgan fingerprint density at radius 3 is 2.81 bits per heavy atom. The highest BCUT2D eigenvalue weighted by Gasteiger charge is 2.04. The van der Waals surface area contributed by atoms with Crippen LogP contribution < -0.4 is 5.32 Å². The molecule has 0 bridgehead atoms. The molecule has 0 spiro atoms. The van der Waals surface area contributed by atoms with Gasteiger partial charge in [-0.2, -0.15) is 0 Å². The summed E-state index contributed by atoms with van der Waals surface area (Å²) in [6, 6.07) is 16.7. The van der Waals surface area contributed by atoms with E-state index in [1.54, 1.807) is 0 Å². The summed E-state index contributed by atoms with van der Waals surface area (Å²) in [5.41, 5.74) is 4.58. The first-order chi connectivity index (χ1) is 10.4. The maximum Gasteiger partial charge on any atom is 0.113 e. The van der Waals surface area contributed by atoms with Crippen LogP contribution in [0.5, 0.6) is 0 Å². The lowest BCUT2D eigenvalue weighted by Gasteiger charge is -2.07. The van der Waals surface area contributed by atoms with Crippen LogP contribution in [0.2, 0.25) is 0 Å². The van der Waals surface area contributed by atoms with Gasteiger partial charge in [0.2, 0.25) is 0 Å². The van der Waals surface area contributed by atoms with Crippen molar-refractivity contribution in [1.29, 1.82) is 0 Å². The second-order valence-electron chi connectivity index (χ2n) is 5.23. The first-order valence-corrected chi connectivity index (χ1v) is 7.43. The predicted octanol–water partition coefficient (Wildman–Crippen LogP) is 2.98. The van der Waals surface area contributed by atoms with E-state index in [1.165, 1.54) is 11.1 Å². The van der Waals surface area contributed by atoms with Gasteiger partial charge < -0.3 is 5.32 Å². The minimum Gasteiger partial charge on any atom is -0.313 e. The van der Waals surface area contributed by atoms with Gasteiger partial charge in [-0.25, -0.2) is 4.68 Å². The molecule has 0 fully saturated rings. The van der Waals surface area contributed by atoms with Crippen LogP contribution in [-0.2, 0) is 13.1 Å². The molecule has 0 amide bonds. The Morgan fingerprint density at radius 2 is 1.90 bits per heavy atom. The Kier molecular flexibility index (Phi) is 4.26. The largest absolute Gasteiger partial charge is 0.313 e. The Bertz CT molecular complexity index is 717. The fourth-order valence-corrected chi connectivity index (χ4v) is 2.45. The summed E-state index contributed by atoms with van der Waals surface area (Å²) in [7, 11) is 0. The Hall–Kier alpha value is -2.20. The van der Waals surface area contributed by atoms with Crippen molar-refractivity contribution < 1.29 is 0 Å². The Balaban J connectivity index is 1.76. The molecule has 108 valence electrons. The molecule has 0 atom stereocenters. The third-order valence-electron chi connectivity index (χ3n) is 3.50. The fourth-order valence-electron chi connectivity index (χ4n) is 2.45. The van der Waals surface area contributed by atoms with Crippen LogP contribution in [0.25, 0.3) is 11.0 Å². The van der Waals surface area contributed by atoms with Crippen LogP contribution in [0.15, 0.2) is 48.5 Å². The van der Waals surface area contributed by atoms with Gasteiger partial charge in [0.05, 0.1) is 12.1 Å². The van der Waals surface area contributed by atoms with Crippen LogP contribution in [0, 0.1) is 0 Å².